The Morgan fingerprint density at radius 1 is 1.15 bits per heavy atom. The van der Waals surface area contributed by atoms with Gasteiger partial charge in [-0.15, -0.1) is 0 Å². The van der Waals surface area contributed by atoms with Gasteiger partial charge in [0.2, 0.25) is 5.91 Å². The summed E-state index contributed by atoms with van der Waals surface area (Å²) in [5, 5.41) is 2.89. The Hall–Kier alpha value is -3.28. The van der Waals surface area contributed by atoms with E-state index in [1.54, 1.807) is 49.5 Å². The van der Waals surface area contributed by atoms with E-state index in [0.29, 0.717) is 29.3 Å². The molecule has 2 amide bonds. The van der Waals surface area contributed by atoms with E-state index in [1.165, 1.54) is 6.08 Å². The highest BCUT2D eigenvalue weighted by Gasteiger charge is 2.25. The molecule has 1 N–H and O–H groups in total. The lowest BCUT2D eigenvalue weighted by atomic mass is 9.95. The number of rotatable bonds is 5. The molecule has 6 heteroatoms. The van der Waals surface area contributed by atoms with Gasteiger partial charge in [-0.2, -0.15) is 0 Å². The highest BCUT2D eigenvalue weighted by molar-refractivity contribution is 6.08. The van der Waals surface area contributed by atoms with Crippen molar-refractivity contribution in [2.45, 2.75) is 12.8 Å². The van der Waals surface area contributed by atoms with E-state index in [1.807, 2.05) is 6.07 Å². The van der Waals surface area contributed by atoms with Gasteiger partial charge in [0.1, 0.15) is 0 Å². The molecule has 0 radical (unpaired) electrons. The second-order valence-corrected chi connectivity index (χ2v) is 6.12. The average Bonchev–Trinajstić information content (AvgIpc) is 2.72. The Balaban J connectivity index is 1.90. The smallest absolute Gasteiger partial charge is 0.256 e. The van der Waals surface area contributed by atoms with Gasteiger partial charge in [-0.25, -0.2) is 0 Å². The van der Waals surface area contributed by atoms with Gasteiger partial charge >= 0.3 is 0 Å². The largest absolute Gasteiger partial charge is 0.493 e. The molecule has 3 rings (SSSR count). The van der Waals surface area contributed by atoms with Crippen LogP contribution < -0.4 is 19.7 Å². The van der Waals surface area contributed by atoms with Crippen LogP contribution in [0.2, 0.25) is 0 Å². The number of amides is 2. The topological polar surface area (TPSA) is 67.9 Å². The summed E-state index contributed by atoms with van der Waals surface area (Å²) < 4.78 is 10.5. The number of carbonyl (C=O) groups is 2. The van der Waals surface area contributed by atoms with Crippen LogP contribution in [0.1, 0.15) is 22.3 Å². The van der Waals surface area contributed by atoms with Gasteiger partial charge in [0, 0.05) is 29.5 Å². The molecule has 1 heterocycles. The van der Waals surface area contributed by atoms with Crippen molar-refractivity contribution in [1.29, 1.82) is 0 Å². The van der Waals surface area contributed by atoms with Crippen LogP contribution >= 0.6 is 0 Å². The van der Waals surface area contributed by atoms with Crippen LogP contribution in [0.3, 0.4) is 0 Å². The molecule has 2 aromatic rings. The van der Waals surface area contributed by atoms with Crippen molar-refractivity contribution < 1.29 is 19.1 Å². The highest BCUT2D eigenvalue weighted by atomic mass is 16.5. The Morgan fingerprint density at radius 2 is 1.93 bits per heavy atom. The number of ether oxygens (including phenoxy) is 2. The van der Waals surface area contributed by atoms with Crippen LogP contribution in [0.15, 0.2) is 49.1 Å². The summed E-state index contributed by atoms with van der Waals surface area (Å²) in [6.45, 7) is 4.18. The molecule has 0 fully saturated rings. The van der Waals surface area contributed by atoms with Gasteiger partial charge in [0.05, 0.1) is 14.2 Å². The van der Waals surface area contributed by atoms with Gasteiger partial charge in [-0.05, 0) is 48.7 Å². The van der Waals surface area contributed by atoms with Crippen molar-refractivity contribution in [3.8, 4) is 11.5 Å². The second kappa shape index (κ2) is 7.95. The first-order chi connectivity index (χ1) is 13.1. The first-order valence-corrected chi connectivity index (χ1v) is 8.68. The van der Waals surface area contributed by atoms with Crippen molar-refractivity contribution in [1.82, 2.24) is 0 Å². The number of hydrogen-bond acceptors (Lipinski definition) is 4. The molecule has 0 bridgehead atoms. The van der Waals surface area contributed by atoms with E-state index < -0.39 is 0 Å². The fourth-order valence-electron chi connectivity index (χ4n) is 3.29. The Kier molecular flexibility index (Phi) is 5.45. The number of nitrogens with zero attached hydrogens (tertiary/aromatic N) is 1. The minimum atomic E-state index is -0.230. The van der Waals surface area contributed by atoms with Gasteiger partial charge in [-0.1, -0.05) is 12.6 Å². The lowest BCUT2D eigenvalue weighted by molar-refractivity contribution is -0.114. The number of benzene rings is 2. The van der Waals surface area contributed by atoms with Crippen molar-refractivity contribution >= 4 is 23.2 Å². The standard InChI is InChI=1S/C21H22N2O4/c1-4-20(24)23-12-6-8-15-16(7-5-9-17(15)23)21(25)22-14-10-11-18(26-2)19(13-14)27-3/h4-5,7,9-11,13H,1,6,8,12H2,2-3H3,(H,22,25). The van der Waals surface area contributed by atoms with Crippen molar-refractivity contribution in [2.24, 2.45) is 0 Å². The molecule has 0 spiro atoms. The normalized spacial score (nSPS) is 12.7. The summed E-state index contributed by atoms with van der Waals surface area (Å²) in [5.41, 5.74) is 2.80. The summed E-state index contributed by atoms with van der Waals surface area (Å²) in [5.74, 6) is 0.736. The summed E-state index contributed by atoms with van der Waals surface area (Å²) in [6, 6.07) is 10.6. The first-order valence-electron chi connectivity index (χ1n) is 8.68. The fourth-order valence-corrected chi connectivity index (χ4v) is 3.29. The molecule has 0 saturated carbocycles. The zero-order valence-corrected chi connectivity index (χ0v) is 15.5. The molecule has 27 heavy (non-hydrogen) atoms. The lowest BCUT2D eigenvalue weighted by Gasteiger charge is -2.29. The number of carbonyl (C=O) groups excluding carboxylic acids is 2. The van der Waals surface area contributed by atoms with Crippen molar-refractivity contribution in [3.63, 3.8) is 0 Å². The lowest BCUT2D eigenvalue weighted by Crippen LogP contribution is -2.35. The first kappa shape index (κ1) is 18.5. The number of fused-ring (bicyclic) bond motifs is 1. The Labute approximate surface area is 158 Å². The van der Waals surface area contributed by atoms with E-state index >= 15 is 0 Å². The third kappa shape index (κ3) is 3.65. The van der Waals surface area contributed by atoms with E-state index in [0.717, 1.165) is 24.1 Å². The SMILES string of the molecule is C=CC(=O)N1CCCc2c(C(=O)Nc3ccc(OC)c(OC)c3)cccc21. The van der Waals surface area contributed by atoms with Gasteiger partial charge in [-0.3, -0.25) is 9.59 Å². The summed E-state index contributed by atoms with van der Waals surface area (Å²) in [4.78, 5) is 26.7. The molecule has 0 aliphatic carbocycles. The van der Waals surface area contributed by atoms with Crippen molar-refractivity contribution in [3.05, 3.63) is 60.2 Å². The highest BCUT2D eigenvalue weighted by Crippen LogP contribution is 2.32. The third-order valence-electron chi connectivity index (χ3n) is 4.58. The summed E-state index contributed by atoms with van der Waals surface area (Å²) in [7, 11) is 3.10. The molecule has 6 nitrogen and oxygen atoms in total. The number of nitrogens with one attached hydrogen (secondary N) is 1. The quantitative estimate of drug-likeness (QED) is 0.824. The molecule has 0 saturated heterocycles. The molecule has 2 aromatic carbocycles. The minimum absolute atomic E-state index is 0.159. The van der Waals surface area contributed by atoms with Crippen LogP contribution in [0.5, 0.6) is 11.5 Å². The molecule has 140 valence electrons. The molecule has 1 aliphatic heterocycles. The zero-order chi connectivity index (χ0) is 19.4. The maximum atomic E-state index is 12.9. The monoisotopic (exact) mass is 366 g/mol. The maximum absolute atomic E-state index is 12.9. The number of anilines is 2. The van der Waals surface area contributed by atoms with Crippen LogP contribution in [-0.4, -0.2) is 32.6 Å². The summed E-state index contributed by atoms with van der Waals surface area (Å²) in [6.07, 6.45) is 2.84. The van der Waals surface area contributed by atoms with Crippen molar-refractivity contribution in [2.75, 3.05) is 31.0 Å². The van der Waals surface area contributed by atoms with E-state index in [2.05, 4.69) is 11.9 Å². The van der Waals surface area contributed by atoms with Crippen LogP contribution in [0, 0.1) is 0 Å². The van der Waals surface area contributed by atoms with E-state index in [4.69, 9.17) is 9.47 Å². The van der Waals surface area contributed by atoms with Gasteiger partial charge < -0.3 is 19.7 Å². The number of hydrogen-bond donors (Lipinski definition) is 1. The summed E-state index contributed by atoms with van der Waals surface area (Å²) >= 11 is 0. The van der Waals surface area contributed by atoms with Crippen LogP contribution in [0.4, 0.5) is 11.4 Å². The molecule has 0 aromatic heterocycles. The number of methoxy groups -OCH3 is 2. The Morgan fingerprint density at radius 3 is 2.63 bits per heavy atom. The zero-order valence-electron chi connectivity index (χ0n) is 15.5. The Bertz CT molecular complexity index is 892. The van der Waals surface area contributed by atoms with Crippen LogP contribution in [-0.2, 0) is 11.2 Å². The maximum Gasteiger partial charge on any atom is 0.256 e. The predicted octanol–water partition coefficient (Wildman–Crippen LogP) is 3.42. The van der Waals surface area contributed by atoms with E-state index in [9.17, 15) is 9.59 Å². The predicted molar refractivity (Wildman–Crippen MR) is 105 cm³/mol. The molecule has 1 aliphatic rings. The van der Waals surface area contributed by atoms with Gasteiger partial charge in [0.15, 0.2) is 11.5 Å². The molecular weight excluding hydrogens is 344 g/mol. The minimum Gasteiger partial charge on any atom is -0.493 e. The second-order valence-electron chi connectivity index (χ2n) is 6.12. The fraction of sp³-hybridized carbons (Fsp3) is 0.238. The van der Waals surface area contributed by atoms with Crippen LogP contribution in [0.25, 0.3) is 0 Å². The third-order valence-corrected chi connectivity index (χ3v) is 4.58. The van der Waals surface area contributed by atoms with Gasteiger partial charge in [0.25, 0.3) is 5.91 Å². The molecular formula is C21H22N2O4. The molecule has 0 atom stereocenters. The molecule has 0 unspecified atom stereocenters. The van der Waals surface area contributed by atoms with E-state index in [-0.39, 0.29) is 11.8 Å². The average molecular weight is 366 g/mol.